The van der Waals surface area contributed by atoms with Crippen LogP contribution >= 0.6 is 7.82 Å². The summed E-state index contributed by atoms with van der Waals surface area (Å²) in [6.07, 6.45) is 53.7. The molecule has 0 aliphatic rings. The van der Waals surface area contributed by atoms with Crippen molar-refractivity contribution in [2.45, 2.75) is 315 Å². The zero-order valence-corrected chi connectivity index (χ0v) is 47.7. The van der Waals surface area contributed by atoms with Crippen molar-refractivity contribution < 1.29 is 37.7 Å². The summed E-state index contributed by atoms with van der Waals surface area (Å²) in [5, 5.41) is 11.7. The number of carbonyl (C=O) groups is 2. The van der Waals surface area contributed by atoms with E-state index in [2.05, 4.69) is 20.8 Å². The van der Waals surface area contributed by atoms with Crippen LogP contribution in [0.15, 0.2) is 12.2 Å². The highest BCUT2D eigenvalue weighted by Gasteiger charge is 2.34. The van der Waals surface area contributed by atoms with Gasteiger partial charge in [-0.25, -0.2) is 0 Å². The Labute approximate surface area is 429 Å². The summed E-state index contributed by atoms with van der Waals surface area (Å²) in [6.45, 7) is 6.62. The minimum absolute atomic E-state index is 0.0592. The number of carbonyl (C=O) groups excluding carboxylic acids is 2. The molecule has 0 aliphatic carbocycles. The van der Waals surface area contributed by atoms with Crippen LogP contribution in [0.2, 0.25) is 0 Å². The molecule has 0 rings (SSSR count). The molecule has 69 heavy (non-hydrogen) atoms. The number of phosphoric acid groups is 1. The average Bonchev–Trinajstić information content (AvgIpc) is 3.31. The number of rotatable bonds is 54. The molecule has 0 aromatic carbocycles. The number of imide groups is 1. The Hall–Kier alpha value is -1.09. The summed E-state index contributed by atoms with van der Waals surface area (Å²) in [6, 6.07) is -1.18. The van der Waals surface area contributed by atoms with Crippen molar-refractivity contribution in [3.8, 4) is 0 Å². The second-order valence-corrected chi connectivity index (χ2v) is 23.4. The zero-order chi connectivity index (χ0) is 50.9. The van der Waals surface area contributed by atoms with E-state index in [0.717, 1.165) is 62.7 Å². The maximum atomic E-state index is 14.2. The molecule has 10 heteroatoms. The molecule has 0 aromatic heterocycles. The first-order valence-corrected chi connectivity index (χ1v) is 31.4. The standard InChI is InChI=1S/C59H117N2O7P/c1-7-10-13-16-19-22-25-28-30-33-36-39-42-45-48-51-58(63)60(59(64)52-49-46-43-40-37-34-31-29-26-23-20-17-14-11-8-2)56(55-68-69(65,66)67-54-53-61(4,5)6)57(62)50-47-44-41-38-35-32-27-24-21-18-15-12-9-3/h47,50,56-57,62H,7-46,48-49,51-55H2,1-6H3/b50-47+/t56-,57+/m0/s1. The van der Waals surface area contributed by atoms with Crippen molar-refractivity contribution >= 4 is 19.6 Å². The lowest BCUT2D eigenvalue weighted by Gasteiger charge is -2.34. The predicted molar refractivity (Wildman–Crippen MR) is 293 cm³/mol. The highest BCUT2D eigenvalue weighted by atomic mass is 31.2. The molecule has 0 spiro atoms. The molecule has 2 amide bonds. The Kier molecular flexibility index (Phi) is 48.4. The van der Waals surface area contributed by atoms with Gasteiger partial charge < -0.3 is 23.5 Å². The highest BCUT2D eigenvalue weighted by molar-refractivity contribution is 7.45. The fraction of sp³-hybridized carbons (Fsp3) is 0.932. The molecule has 1 unspecified atom stereocenters. The topological polar surface area (TPSA) is 116 Å². The molecule has 0 saturated heterocycles. The number of likely N-dealkylation sites (N-methyl/N-ethyl adjacent to an activating group) is 1. The van der Waals surface area contributed by atoms with E-state index in [1.807, 2.05) is 27.2 Å². The first kappa shape index (κ1) is 67.9. The molecule has 0 fully saturated rings. The molecule has 410 valence electrons. The van der Waals surface area contributed by atoms with Crippen molar-refractivity contribution in [2.24, 2.45) is 0 Å². The predicted octanol–water partition coefficient (Wildman–Crippen LogP) is 17.1. The van der Waals surface area contributed by atoms with E-state index in [1.165, 1.54) is 199 Å². The fourth-order valence-electron chi connectivity index (χ4n) is 9.29. The number of unbranched alkanes of at least 4 members (excludes halogenated alkanes) is 39. The van der Waals surface area contributed by atoms with Crippen molar-refractivity contribution in [3.05, 3.63) is 12.2 Å². The third kappa shape index (κ3) is 46.4. The van der Waals surface area contributed by atoms with E-state index in [0.29, 0.717) is 23.9 Å². The molecule has 0 bridgehead atoms. The number of amides is 2. The first-order chi connectivity index (χ1) is 33.4. The summed E-state index contributed by atoms with van der Waals surface area (Å²) < 4.78 is 24.2. The Morgan fingerprint density at radius 3 is 1.09 bits per heavy atom. The lowest BCUT2D eigenvalue weighted by molar-refractivity contribution is -0.870. The van der Waals surface area contributed by atoms with E-state index >= 15 is 0 Å². The molecular formula is C59H117N2O7P. The van der Waals surface area contributed by atoms with E-state index < -0.39 is 26.6 Å². The Morgan fingerprint density at radius 2 is 0.783 bits per heavy atom. The molecule has 0 saturated carbocycles. The number of aliphatic hydroxyl groups is 1. The van der Waals surface area contributed by atoms with Crippen LogP contribution in [0.25, 0.3) is 0 Å². The summed E-state index contributed by atoms with van der Waals surface area (Å²) in [5.41, 5.74) is 0. The lowest BCUT2D eigenvalue weighted by Crippen LogP contribution is -2.52. The van der Waals surface area contributed by atoms with Crippen LogP contribution < -0.4 is 4.89 Å². The van der Waals surface area contributed by atoms with Gasteiger partial charge in [0.05, 0.1) is 39.9 Å². The van der Waals surface area contributed by atoms with Crippen LogP contribution in [0.5, 0.6) is 0 Å². The zero-order valence-electron chi connectivity index (χ0n) is 46.8. The molecule has 0 heterocycles. The SMILES string of the molecule is CCCCCCCCCCCCC/C=C/[C@@H](O)[C@H](COP(=O)([O-])OCC[N+](C)(C)C)N(C(=O)CCCCCCCCCCCCCCCCC)C(=O)CCCCCCCCCCCCCCCCC. The van der Waals surface area contributed by atoms with Crippen LogP contribution in [0.1, 0.15) is 303 Å². The molecule has 1 N–H and O–H groups in total. The monoisotopic (exact) mass is 997 g/mol. The summed E-state index contributed by atoms with van der Waals surface area (Å²) >= 11 is 0. The minimum Gasteiger partial charge on any atom is -0.756 e. The van der Waals surface area contributed by atoms with E-state index in [-0.39, 0.29) is 31.3 Å². The number of aliphatic hydroxyl groups excluding tert-OH is 1. The summed E-state index contributed by atoms with van der Waals surface area (Å²) in [7, 11) is 1.05. The number of hydrogen-bond acceptors (Lipinski definition) is 7. The molecule has 0 aliphatic heterocycles. The Bertz CT molecular complexity index is 1160. The van der Waals surface area contributed by atoms with Gasteiger partial charge >= 0.3 is 0 Å². The Balaban J connectivity index is 5.49. The molecule has 9 nitrogen and oxygen atoms in total. The van der Waals surface area contributed by atoms with Gasteiger partial charge in [0.2, 0.25) is 11.8 Å². The number of quaternary nitrogens is 1. The second kappa shape index (κ2) is 49.1. The maximum Gasteiger partial charge on any atom is 0.268 e. The normalized spacial score (nSPS) is 13.9. The van der Waals surface area contributed by atoms with Gasteiger partial charge in [0.1, 0.15) is 13.2 Å². The summed E-state index contributed by atoms with van der Waals surface area (Å²) in [4.78, 5) is 42.5. The van der Waals surface area contributed by atoms with Gasteiger partial charge in [-0.1, -0.05) is 277 Å². The van der Waals surface area contributed by atoms with E-state index in [9.17, 15) is 24.2 Å². The average molecular weight is 998 g/mol. The van der Waals surface area contributed by atoms with Gasteiger partial charge in [0.15, 0.2) is 0 Å². The minimum atomic E-state index is -4.78. The van der Waals surface area contributed by atoms with Gasteiger partial charge in [-0.05, 0) is 25.7 Å². The fourth-order valence-corrected chi connectivity index (χ4v) is 10.0. The third-order valence-electron chi connectivity index (χ3n) is 14.0. The smallest absolute Gasteiger partial charge is 0.268 e. The quantitative estimate of drug-likeness (QED) is 0.0279. The number of nitrogens with zero attached hydrogens (tertiary/aromatic N) is 2. The first-order valence-electron chi connectivity index (χ1n) is 30.0. The van der Waals surface area contributed by atoms with Crippen LogP contribution in [0.3, 0.4) is 0 Å². The number of hydrogen-bond donors (Lipinski definition) is 1. The maximum absolute atomic E-state index is 14.2. The highest BCUT2D eigenvalue weighted by Crippen LogP contribution is 2.39. The van der Waals surface area contributed by atoms with Crippen molar-refractivity contribution in [3.63, 3.8) is 0 Å². The van der Waals surface area contributed by atoms with Crippen LogP contribution in [-0.2, 0) is 23.2 Å². The van der Waals surface area contributed by atoms with Gasteiger partial charge in [-0.2, -0.15) is 0 Å². The van der Waals surface area contributed by atoms with Crippen molar-refractivity contribution in [1.82, 2.24) is 4.90 Å². The van der Waals surface area contributed by atoms with Crippen LogP contribution in [0, 0.1) is 0 Å². The molecular weight excluding hydrogens is 880 g/mol. The van der Waals surface area contributed by atoms with Crippen LogP contribution in [-0.4, -0.2) is 79.4 Å². The van der Waals surface area contributed by atoms with E-state index in [1.54, 1.807) is 6.08 Å². The molecule has 0 aromatic rings. The number of phosphoric ester groups is 1. The largest absolute Gasteiger partial charge is 0.756 e. The molecule has 3 atom stereocenters. The van der Waals surface area contributed by atoms with Gasteiger partial charge in [-0.3, -0.25) is 19.1 Å². The Morgan fingerprint density at radius 1 is 0.493 bits per heavy atom. The van der Waals surface area contributed by atoms with Crippen molar-refractivity contribution in [1.29, 1.82) is 0 Å². The third-order valence-corrected chi connectivity index (χ3v) is 14.9. The number of allylic oxidation sites excluding steroid dienone is 1. The van der Waals surface area contributed by atoms with Crippen molar-refractivity contribution in [2.75, 3.05) is 40.9 Å². The molecule has 0 radical (unpaired) electrons. The van der Waals surface area contributed by atoms with Gasteiger partial charge in [0, 0.05) is 12.8 Å². The lowest BCUT2D eigenvalue weighted by atomic mass is 10.0. The summed E-state index contributed by atoms with van der Waals surface area (Å²) in [5.74, 6) is -0.734. The van der Waals surface area contributed by atoms with E-state index in [4.69, 9.17) is 9.05 Å². The van der Waals surface area contributed by atoms with Gasteiger partial charge in [-0.15, -0.1) is 0 Å². The second-order valence-electron chi connectivity index (χ2n) is 22.0. The van der Waals surface area contributed by atoms with Gasteiger partial charge in [0.25, 0.3) is 7.82 Å². The van der Waals surface area contributed by atoms with Crippen LogP contribution in [0.4, 0.5) is 0 Å².